The molecule has 30 heteroatoms. The van der Waals surface area contributed by atoms with E-state index >= 15 is 4.79 Å². The first-order valence-corrected chi connectivity index (χ1v) is 33.4. The Balaban J connectivity index is 1.23. The molecule has 88 heavy (non-hydrogen) atoms. The third-order valence-corrected chi connectivity index (χ3v) is 20.1. The van der Waals surface area contributed by atoms with E-state index in [1.807, 2.05) is 26.4 Å². The molecule has 486 valence electrons. The summed E-state index contributed by atoms with van der Waals surface area (Å²) in [6.07, 6.45) is -11.5. The summed E-state index contributed by atoms with van der Waals surface area (Å²) in [6.45, 7) is 11.3. The second-order valence-electron chi connectivity index (χ2n) is 20.6. The minimum atomic E-state index is -2.63. The molecule has 0 saturated carbocycles. The van der Waals surface area contributed by atoms with Crippen molar-refractivity contribution in [3.05, 3.63) is 65.1 Å². The van der Waals surface area contributed by atoms with Crippen LogP contribution in [0.15, 0.2) is 59.5 Å². The molecule has 0 radical (unpaired) electrons. The molecule has 7 rings (SSSR count). The van der Waals surface area contributed by atoms with Crippen LogP contribution >= 0.6 is 43.2 Å². The highest BCUT2D eigenvalue weighted by Gasteiger charge is 2.57. The molecule has 0 spiro atoms. The van der Waals surface area contributed by atoms with Gasteiger partial charge in [-0.2, -0.15) is 17.2 Å². The second-order valence-corrected chi connectivity index (χ2v) is 26.0. The molecule has 8 N–H and O–H groups in total. The minimum absolute atomic E-state index is 0.0767. The van der Waals surface area contributed by atoms with Crippen molar-refractivity contribution in [2.24, 2.45) is 0 Å². The number of hydrogen-bond acceptors (Lipinski definition) is 28. The van der Waals surface area contributed by atoms with E-state index in [2.05, 4.69) is 51.7 Å². The summed E-state index contributed by atoms with van der Waals surface area (Å²) in [7, 11) is 10.8. The predicted molar refractivity (Wildman–Crippen MR) is 325 cm³/mol. The van der Waals surface area contributed by atoms with Gasteiger partial charge < -0.3 is 92.6 Å². The lowest BCUT2D eigenvalue weighted by atomic mass is 9.73. The van der Waals surface area contributed by atoms with Crippen LogP contribution in [0.2, 0.25) is 0 Å². The molecule has 26 nitrogen and oxygen atoms in total. The number of likely N-dealkylation sites (N-methyl/N-ethyl adjacent to an activating group) is 1. The number of rotatable bonds is 25. The maximum Gasteiger partial charge on any atom is 0.411 e. The molecular weight excluding hydrogens is 1230 g/mol. The van der Waals surface area contributed by atoms with E-state index in [1.165, 1.54) is 95.7 Å². The predicted octanol–water partition coefficient (Wildman–Crippen LogP) is 3.03. The first-order chi connectivity index (χ1) is 42.2. The Morgan fingerprint density at radius 2 is 1.57 bits per heavy atom. The molecule has 4 fully saturated rings. The maximum absolute atomic E-state index is 15.5. The van der Waals surface area contributed by atoms with E-state index < -0.39 is 128 Å². The van der Waals surface area contributed by atoms with Gasteiger partial charge in [-0.3, -0.25) is 19.7 Å². The zero-order valence-corrected chi connectivity index (χ0v) is 53.8. The van der Waals surface area contributed by atoms with Gasteiger partial charge in [-0.15, -0.1) is 0 Å². The van der Waals surface area contributed by atoms with Crippen LogP contribution in [0.1, 0.15) is 57.3 Å². The van der Waals surface area contributed by atoms with Gasteiger partial charge in [-0.1, -0.05) is 64.8 Å². The molecule has 1 aromatic carbocycles. The molecule has 4 aliphatic heterocycles. The number of fused-ring (bicyclic) bond motifs is 2. The fraction of sp³-hybridized carbons (Fsp3) is 0.621. The Kier molecular flexibility index (Phi) is 26.6. The summed E-state index contributed by atoms with van der Waals surface area (Å²) >= 11 is 1.47. The first-order valence-electron chi connectivity index (χ1n) is 28.1. The molecule has 4 saturated heterocycles. The lowest BCUT2D eigenvalue weighted by molar-refractivity contribution is -0.336. The Morgan fingerprint density at radius 1 is 0.852 bits per heavy atom. The Hall–Kier alpha value is -4.62. The Bertz CT molecular complexity index is 2840. The molecule has 0 unspecified atom stereocenters. The van der Waals surface area contributed by atoms with Crippen molar-refractivity contribution >= 4 is 72.6 Å². The number of benzene rings is 1. The molecule has 2 bridgehead atoms. The summed E-state index contributed by atoms with van der Waals surface area (Å²) in [4.78, 5) is 62.0. The summed E-state index contributed by atoms with van der Waals surface area (Å²) in [5.41, 5.74) is -0.847. The zero-order chi connectivity index (χ0) is 64.0. The molecule has 6 aliphatic rings. The Morgan fingerprint density at radius 3 is 2.23 bits per heavy atom. The van der Waals surface area contributed by atoms with Gasteiger partial charge >= 0.3 is 12.1 Å². The van der Waals surface area contributed by atoms with Gasteiger partial charge in [0.15, 0.2) is 60.2 Å². The number of amides is 2. The highest BCUT2D eigenvalue weighted by Crippen LogP contribution is 2.44. The number of alkyl carbamates (subject to hydrolysis) is 1. The van der Waals surface area contributed by atoms with Crippen molar-refractivity contribution in [2.45, 2.75) is 162 Å². The number of ether oxygens (including phenoxy) is 13. The van der Waals surface area contributed by atoms with Crippen molar-refractivity contribution in [3.8, 4) is 35.2 Å². The van der Waals surface area contributed by atoms with Gasteiger partial charge in [0.1, 0.15) is 18.3 Å². The number of Topliss-reactive ketones (excluding diaryl/α,β-unsaturated/α-hetero) is 1. The molecule has 19 atom stereocenters. The highest BCUT2D eigenvalue weighted by atomic mass is 33.5. The monoisotopic (exact) mass is 1310 g/mol. The van der Waals surface area contributed by atoms with Crippen LogP contribution in [-0.2, 0) is 66.5 Å². The number of aliphatic hydroxyl groups excluding tert-OH is 3. The van der Waals surface area contributed by atoms with Crippen LogP contribution in [0, 0.1) is 23.7 Å². The van der Waals surface area contributed by atoms with E-state index in [1.54, 1.807) is 20.1 Å². The number of hydrogen-bond donors (Lipinski definition) is 8. The second kappa shape index (κ2) is 33.1. The van der Waals surface area contributed by atoms with Crippen molar-refractivity contribution in [3.63, 3.8) is 0 Å². The molecule has 2 aliphatic carbocycles. The smallest absolute Gasteiger partial charge is 0.411 e. The van der Waals surface area contributed by atoms with Crippen molar-refractivity contribution in [1.29, 1.82) is 0 Å². The fourth-order valence-corrected chi connectivity index (χ4v) is 14.0. The number of hydroxylamine groups is 1. The molecule has 1 aromatic rings. The molecular formula is C58H78N4O22S4. The number of esters is 1. The van der Waals surface area contributed by atoms with Crippen molar-refractivity contribution in [1.82, 2.24) is 16.1 Å². The highest BCUT2D eigenvalue weighted by molar-refractivity contribution is 9.09. The van der Waals surface area contributed by atoms with E-state index in [9.17, 15) is 34.8 Å². The Labute approximate surface area is 526 Å². The number of carbonyl (C=O) groups is 4. The first kappa shape index (κ1) is 70.8. The number of thioether (sulfide) groups is 1. The van der Waals surface area contributed by atoms with Crippen LogP contribution < -0.4 is 30.9 Å². The third-order valence-electron chi connectivity index (χ3n) is 15.1. The number of anilines is 1. The lowest BCUT2D eigenvalue weighted by Crippen LogP contribution is -2.65. The summed E-state index contributed by atoms with van der Waals surface area (Å²) in [5.74, 6) is 8.70. The normalized spacial score (nSPS) is 34.6. The third kappa shape index (κ3) is 16.9. The summed E-state index contributed by atoms with van der Waals surface area (Å²) in [6, 6.07) is 1.36. The van der Waals surface area contributed by atoms with Crippen LogP contribution in [-0.4, -0.2) is 226 Å². The molecule has 2 amide bonds. The standard InChI is InChI=1S/C58H78N4O22S4/c1-13-59-35-27-76-42(26-39(35)72-7)81-51-48(65)46(62-84-44-25-37(64)52(85-11)30(4)78-44)28(2)79-56(51)80-38-18-16-14-15-17-20-58(70)33(19-21-87-88-86-12)45(38)47(61-57(69)75-10)49(66)53(58)82-43-24-36(63)50(29(3)77-43)83-55(68)32-22-40(73-8)41(74-9)23-34(32)60-54(67)31(5)71-6/h14-15,19,22-23,28-30,35-39,42-44,46,48,50-53,56,59,62-65,70H,5,13,21,24-27H2,1-4,6-12H3,(H,60,67)(H,61,69)/b15-14+,33-19+/t28-,29+,30-,35+,36+,37+,38+,39+,42+,43+,44+,46-,48+,50-,51-,52-,53-,56+,58-/m1/s1. The number of carbonyl (C=O) groups excluding carboxylic acids is 4. The zero-order valence-electron chi connectivity index (χ0n) is 50.5. The number of allylic oxidation sites excluding steroid dienone is 2. The molecule has 4 heterocycles. The minimum Gasteiger partial charge on any atom is -0.493 e. The van der Waals surface area contributed by atoms with E-state index in [-0.39, 0.29) is 88.4 Å². The average molecular weight is 1310 g/mol. The molecule has 0 aromatic heterocycles. The van der Waals surface area contributed by atoms with Gasteiger partial charge in [-0.25, -0.2) is 9.59 Å². The van der Waals surface area contributed by atoms with Crippen LogP contribution in [0.25, 0.3) is 0 Å². The van der Waals surface area contributed by atoms with Gasteiger partial charge in [-0.05, 0) is 61.8 Å². The topological polar surface area (TPSA) is 327 Å². The van der Waals surface area contributed by atoms with Gasteiger partial charge in [0, 0.05) is 55.4 Å². The summed E-state index contributed by atoms with van der Waals surface area (Å²) in [5, 5.41) is 56.8. The fourth-order valence-electron chi connectivity index (χ4n) is 10.7. The van der Waals surface area contributed by atoms with E-state index in [0.717, 1.165) is 7.11 Å². The quantitative estimate of drug-likeness (QED) is 0.0133. The van der Waals surface area contributed by atoms with E-state index in [4.69, 9.17) is 66.4 Å². The van der Waals surface area contributed by atoms with Crippen molar-refractivity contribution < 1.29 is 106 Å². The summed E-state index contributed by atoms with van der Waals surface area (Å²) < 4.78 is 77.6. The van der Waals surface area contributed by atoms with Gasteiger partial charge in [0.25, 0.3) is 5.91 Å². The number of nitrogens with one attached hydrogen (secondary N) is 4. The lowest BCUT2D eigenvalue weighted by Gasteiger charge is -2.47. The van der Waals surface area contributed by atoms with Crippen LogP contribution in [0.4, 0.5) is 10.5 Å². The number of aliphatic hydroxyl groups is 4. The van der Waals surface area contributed by atoms with E-state index in [0.29, 0.717) is 6.54 Å². The number of ketones is 1. The number of methoxy groups -OCH3 is 5. The van der Waals surface area contributed by atoms with Crippen LogP contribution in [0.5, 0.6) is 11.5 Å². The largest absolute Gasteiger partial charge is 0.493 e. The van der Waals surface area contributed by atoms with Crippen LogP contribution in [0.3, 0.4) is 0 Å². The van der Waals surface area contributed by atoms with Gasteiger partial charge in [0.2, 0.25) is 5.78 Å². The van der Waals surface area contributed by atoms with Gasteiger partial charge in [0.05, 0.1) is 106 Å². The van der Waals surface area contributed by atoms with Crippen molar-refractivity contribution in [2.75, 3.05) is 72.3 Å². The SMILES string of the molecule is C=C(OC)C(=O)Nc1cc(OC)c(OC)cc1C(=O)O[C@@H]1[C@H](C)O[C@@H](O[C@@H]2C(=O)C(NC(=O)OC)=C3/C(=C\CSSSC)[C@]2(O)C#C/C=C/C#C[C@@H]3O[C@@H]2O[C@H](C)[C@@H](NO[C@H]3C[C@H](O)[C@H](SC)[C@@H](C)O3)[C@H](O)[C@H]2O[C@H]2C[C@H](OC)[C@@H](NCC)CO2)C[C@@H]1O. The average Bonchev–Trinajstić information content (AvgIpc) is 0.822. The maximum atomic E-state index is 15.5.